The number of hydrogen-bond acceptors (Lipinski definition) is 7. The Morgan fingerprint density at radius 1 is 1.36 bits per heavy atom. The fourth-order valence-electron chi connectivity index (χ4n) is 3.33. The molecule has 0 spiro atoms. The highest BCUT2D eigenvalue weighted by Crippen LogP contribution is 2.40. The molecule has 1 aliphatic rings. The van der Waals surface area contributed by atoms with Crippen molar-refractivity contribution in [2.24, 2.45) is 13.0 Å². The molecule has 1 N–H and O–H groups in total. The number of hydrogen-bond donors (Lipinski definition) is 1. The standard InChI is InChI=1S/C19H26N4O3S2/c1-5-14-21-22-19(23(14)4)27-10-15(24)20-17-16(18(25)26-6-2)12-8-7-11(3)9-13(12)28-17/h11H,5-10H2,1-4H3,(H,20,24)/t11-/m0/s1. The fourth-order valence-corrected chi connectivity index (χ4v) is 5.47. The van der Waals surface area contributed by atoms with Gasteiger partial charge < -0.3 is 14.6 Å². The van der Waals surface area contributed by atoms with Crippen molar-refractivity contribution in [1.82, 2.24) is 14.8 Å². The van der Waals surface area contributed by atoms with E-state index in [0.29, 0.717) is 28.2 Å². The number of carbonyl (C=O) groups excluding carboxylic acids is 2. The van der Waals surface area contributed by atoms with Gasteiger partial charge in [-0.05, 0) is 37.7 Å². The second-order valence-corrected chi connectivity index (χ2v) is 8.97. The van der Waals surface area contributed by atoms with Gasteiger partial charge in [-0.1, -0.05) is 25.6 Å². The quantitative estimate of drug-likeness (QED) is 0.543. The Bertz CT molecular complexity index is 875. The Morgan fingerprint density at radius 3 is 2.82 bits per heavy atom. The number of amides is 1. The minimum Gasteiger partial charge on any atom is -0.462 e. The maximum absolute atomic E-state index is 12.5. The minimum absolute atomic E-state index is 0.164. The lowest BCUT2D eigenvalue weighted by Crippen LogP contribution is -2.18. The molecule has 9 heteroatoms. The molecule has 152 valence electrons. The molecule has 0 aromatic carbocycles. The van der Waals surface area contributed by atoms with E-state index >= 15 is 0 Å². The lowest BCUT2D eigenvalue weighted by molar-refractivity contribution is -0.113. The molecule has 7 nitrogen and oxygen atoms in total. The summed E-state index contributed by atoms with van der Waals surface area (Å²) in [6, 6.07) is 0. The number of aryl methyl sites for hydroxylation is 1. The molecule has 0 saturated heterocycles. The van der Waals surface area contributed by atoms with Crippen molar-refractivity contribution in [3.05, 3.63) is 21.8 Å². The predicted octanol–water partition coefficient (Wildman–Crippen LogP) is 3.47. The van der Waals surface area contributed by atoms with Crippen LogP contribution in [0.15, 0.2) is 5.16 Å². The molecule has 0 bridgehead atoms. The SMILES string of the molecule is CCOC(=O)c1c(NC(=O)CSc2nnc(CC)n2C)sc2c1CC[C@H](C)C2. The number of carbonyl (C=O) groups is 2. The van der Waals surface area contributed by atoms with E-state index in [-0.39, 0.29) is 17.6 Å². The van der Waals surface area contributed by atoms with Crippen molar-refractivity contribution >= 4 is 40.0 Å². The number of esters is 1. The molecule has 0 fully saturated rings. The van der Waals surface area contributed by atoms with Crippen LogP contribution in [0.1, 0.15) is 53.8 Å². The van der Waals surface area contributed by atoms with Gasteiger partial charge in [0.25, 0.3) is 0 Å². The summed E-state index contributed by atoms with van der Waals surface area (Å²) in [5.74, 6) is 1.16. The average molecular weight is 423 g/mol. The van der Waals surface area contributed by atoms with Gasteiger partial charge in [-0.25, -0.2) is 4.79 Å². The summed E-state index contributed by atoms with van der Waals surface area (Å²) in [4.78, 5) is 26.3. The summed E-state index contributed by atoms with van der Waals surface area (Å²) >= 11 is 2.84. The van der Waals surface area contributed by atoms with Gasteiger partial charge in [-0.2, -0.15) is 0 Å². The van der Waals surface area contributed by atoms with Crippen LogP contribution in [-0.2, 0) is 35.8 Å². The molecule has 2 aromatic heterocycles. The van der Waals surface area contributed by atoms with E-state index in [2.05, 4.69) is 22.4 Å². The molecule has 1 amide bonds. The zero-order chi connectivity index (χ0) is 20.3. The van der Waals surface area contributed by atoms with E-state index in [1.54, 1.807) is 6.92 Å². The Balaban J connectivity index is 1.74. The maximum Gasteiger partial charge on any atom is 0.341 e. The van der Waals surface area contributed by atoms with Crippen molar-refractivity contribution in [3.63, 3.8) is 0 Å². The Labute approximate surface area is 173 Å². The summed E-state index contributed by atoms with van der Waals surface area (Å²) in [6.45, 7) is 6.34. The number of nitrogens with zero attached hydrogens (tertiary/aromatic N) is 3. The number of nitrogens with one attached hydrogen (secondary N) is 1. The molecular weight excluding hydrogens is 396 g/mol. The molecule has 0 radical (unpaired) electrons. The van der Waals surface area contributed by atoms with Gasteiger partial charge in [0.15, 0.2) is 5.16 Å². The van der Waals surface area contributed by atoms with E-state index < -0.39 is 0 Å². The van der Waals surface area contributed by atoms with Crippen LogP contribution in [0, 0.1) is 5.92 Å². The van der Waals surface area contributed by atoms with Gasteiger partial charge >= 0.3 is 5.97 Å². The second-order valence-electron chi connectivity index (χ2n) is 6.92. The predicted molar refractivity (Wildman–Crippen MR) is 111 cm³/mol. The molecule has 3 rings (SSSR count). The van der Waals surface area contributed by atoms with Gasteiger partial charge in [-0.3, -0.25) is 4.79 Å². The third kappa shape index (κ3) is 4.41. The first-order valence-corrected chi connectivity index (χ1v) is 11.4. The van der Waals surface area contributed by atoms with E-state index in [0.717, 1.165) is 37.1 Å². The summed E-state index contributed by atoms with van der Waals surface area (Å²) < 4.78 is 7.15. The Morgan fingerprint density at radius 2 is 2.14 bits per heavy atom. The molecule has 2 heterocycles. The molecule has 0 aliphatic heterocycles. The molecule has 0 saturated carbocycles. The smallest absolute Gasteiger partial charge is 0.341 e. The number of rotatable bonds is 7. The largest absolute Gasteiger partial charge is 0.462 e. The first-order chi connectivity index (χ1) is 13.4. The Kier molecular flexibility index (Phi) is 6.77. The van der Waals surface area contributed by atoms with Crippen LogP contribution in [0.3, 0.4) is 0 Å². The topological polar surface area (TPSA) is 86.1 Å². The van der Waals surface area contributed by atoms with Gasteiger partial charge in [-0.15, -0.1) is 21.5 Å². The molecule has 1 atom stereocenters. The molecule has 28 heavy (non-hydrogen) atoms. The first kappa shape index (κ1) is 20.9. The Hall–Kier alpha value is -1.87. The number of fused-ring (bicyclic) bond motifs is 1. The number of anilines is 1. The van der Waals surface area contributed by atoms with Gasteiger partial charge in [0.2, 0.25) is 5.91 Å². The lowest BCUT2D eigenvalue weighted by Gasteiger charge is -2.18. The van der Waals surface area contributed by atoms with Gasteiger partial charge in [0.1, 0.15) is 10.8 Å². The summed E-state index contributed by atoms with van der Waals surface area (Å²) in [6.07, 6.45) is 3.63. The number of ether oxygens (including phenoxy) is 1. The van der Waals surface area contributed by atoms with Crippen LogP contribution in [0.2, 0.25) is 0 Å². The highest BCUT2D eigenvalue weighted by atomic mass is 32.2. The average Bonchev–Trinajstić information content (AvgIpc) is 3.19. The van der Waals surface area contributed by atoms with Crippen LogP contribution in [-0.4, -0.2) is 39.0 Å². The highest BCUT2D eigenvalue weighted by Gasteiger charge is 2.29. The lowest BCUT2D eigenvalue weighted by atomic mass is 9.88. The van der Waals surface area contributed by atoms with Crippen molar-refractivity contribution in [2.45, 2.75) is 51.6 Å². The molecule has 1 aliphatic carbocycles. The third-order valence-corrected chi connectivity index (χ3v) is 7.01. The zero-order valence-corrected chi connectivity index (χ0v) is 18.3. The normalized spacial score (nSPS) is 15.9. The monoisotopic (exact) mass is 422 g/mol. The molecule has 0 unspecified atom stereocenters. The van der Waals surface area contributed by atoms with Crippen molar-refractivity contribution in [1.29, 1.82) is 0 Å². The van der Waals surface area contributed by atoms with Crippen molar-refractivity contribution in [2.75, 3.05) is 17.7 Å². The molecular formula is C19H26N4O3S2. The van der Waals surface area contributed by atoms with Crippen molar-refractivity contribution in [3.8, 4) is 0 Å². The van der Waals surface area contributed by atoms with Crippen LogP contribution in [0.4, 0.5) is 5.00 Å². The van der Waals surface area contributed by atoms with Crippen LogP contribution < -0.4 is 5.32 Å². The number of thiophene rings is 1. The van der Waals surface area contributed by atoms with Crippen LogP contribution in [0.25, 0.3) is 0 Å². The summed E-state index contributed by atoms with van der Waals surface area (Å²) in [5.41, 5.74) is 1.59. The third-order valence-electron chi connectivity index (χ3n) is 4.82. The van der Waals surface area contributed by atoms with Crippen LogP contribution in [0.5, 0.6) is 0 Å². The second kappa shape index (κ2) is 9.09. The maximum atomic E-state index is 12.5. The summed E-state index contributed by atoms with van der Waals surface area (Å²) in [7, 11) is 1.90. The minimum atomic E-state index is -0.349. The van der Waals surface area contributed by atoms with Crippen LogP contribution >= 0.6 is 23.1 Å². The van der Waals surface area contributed by atoms with E-state index in [4.69, 9.17) is 4.74 Å². The van der Waals surface area contributed by atoms with Gasteiger partial charge in [0, 0.05) is 18.3 Å². The molecule has 2 aromatic rings. The summed E-state index contributed by atoms with van der Waals surface area (Å²) in [5, 5.41) is 12.5. The fraction of sp³-hybridized carbons (Fsp3) is 0.579. The van der Waals surface area contributed by atoms with Gasteiger partial charge in [0.05, 0.1) is 17.9 Å². The van der Waals surface area contributed by atoms with E-state index in [9.17, 15) is 9.59 Å². The first-order valence-electron chi connectivity index (χ1n) is 9.57. The van der Waals surface area contributed by atoms with Crippen molar-refractivity contribution < 1.29 is 14.3 Å². The highest BCUT2D eigenvalue weighted by molar-refractivity contribution is 7.99. The van der Waals surface area contributed by atoms with E-state index in [1.807, 2.05) is 18.5 Å². The van der Waals surface area contributed by atoms with E-state index in [1.165, 1.54) is 28.0 Å². The number of aromatic nitrogens is 3. The number of thioether (sulfide) groups is 1. The zero-order valence-electron chi connectivity index (χ0n) is 16.7.